The number of rotatable bonds is 3. The van der Waals surface area contributed by atoms with Crippen LogP contribution in [-0.2, 0) is 6.61 Å². The number of fused-ring (bicyclic) bond motifs is 1. The number of aromatic nitrogens is 3. The van der Waals surface area contributed by atoms with E-state index in [1.165, 1.54) is 12.1 Å². The Morgan fingerprint density at radius 2 is 1.79 bits per heavy atom. The SMILES string of the molecule is OCc1ccc(-c2cnc3ccc(-c4cccc(F)c4)nn23)cc1. The van der Waals surface area contributed by atoms with Crippen molar-refractivity contribution < 1.29 is 9.50 Å². The van der Waals surface area contributed by atoms with Crippen LogP contribution < -0.4 is 0 Å². The zero-order valence-corrected chi connectivity index (χ0v) is 12.7. The molecule has 1 N–H and O–H groups in total. The van der Waals surface area contributed by atoms with E-state index in [4.69, 9.17) is 5.11 Å². The van der Waals surface area contributed by atoms with Gasteiger partial charge in [0, 0.05) is 11.1 Å². The molecule has 24 heavy (non-hydrogen) atoms. The Morgan fingerprint density at radius 3 is 2.54 bits per heavy atom. The van der Waals surface area contributed by atoms with Gasteiger partial charge in [0.1, 0.15) is 5.82 Å². The molecule has 5 heteroatoms. The summed E-state index contributed by atoms with van der Waals surface area (Å²) in [5, 5.41) is 13.8. The molecule has 0 atom stereocenters. The van der Waals surface area contributed by atoms with Gasteiger partial charge >= 0.3 is 0 Å². The Kier molecular flexibility index (Phi) is 3.55. The highest BCUT2D eigenvalue weighted by Crippen LogP contribution is 2.23. The van der Waals surface area contributed by atoms with Crippen LogP contribution in [0.25, 0.3) is 28.2 Å². The summed E-state index contributed by atoms with van der Waals surface area (Å²) in [5.41, 5.74) is 4.74. The Hall–Kier alpha value is -3.05. The number of hydrogen-bond donors (Lipinski definition) is 1. The molecule has 118 valence electrons. The van der Waals surface area contributed by atoms with E-state index in [0.29, 0.717) is 11.3 Å². The van der Waals surface area contributed by atoms with Crippen molar-refractivity contribution in [2.75, 3.05) is 0 Å². The third-order valence-electron chi connectivity index (χ3n) is 3.91. The van der Waals surface area contributed by atoms with Crippen LogP contribution in [0.5, 0.6) is 0 Å². The summed E-state index contributed by atoms with van der Waals surface area (Å²) in [4.78, 5) is 4.37. The van der Waals surface area contributed by atoms with Crippen LogP contribution in [0.15, 0.2) is 66.9 Å². The van der Waals surface area contributed by atoms with Crippen LogP contribution in [0.1, 0.15) is 5.56 Å². The second-order valence-corrected chi connectivity index (χ2v) is 5.50. The normalized spacial score (nSPS) is 11.1. The van der Waals surface area contributed by atoms with E-state index in [9.17, 15) is 4.39 Å². The molecule has 0 amide bonds. The lowest BCUT2D eigenvalue weighted by Gasteiger charge is -2.05. The van der Waals surface area contributed by atoms with Crippen molar-refractivity contribution in [1.82, 2.24) is 14.6 Å². The molecular weight excluding hydrogens is 305 g/mol. The Labute approximate surface area is 137 Å². The molecule has 0 radical (unpaired) electrons. The van der Waals surface area contributed by atoms with Crippen molar-refractivity contribution in [3.8, 4) is 22.5 Å². The average Bonchev–Trinajstić information content (AvgIpc) is 3.05. The molecule has 0 fully saturated rings. The van der Waals surface area contributed by atoms with Gasteiger partial charge in [0.15, 0.2) is 5.65 Å². The average molecular weight is 319 g/mol. The quantitative estimate of drug-likeness (QED) is 0.626. The fourth-order valence-corrected chi connectivity index (χ4v) is 2.65. The van der Waals surface area contributed by atoms with E-state index in [2.05, 4.69) is 10.1 Å². The molecule has 2 aromatic heterocycles. The first-order valence-electron chi connectivity index (χ1n) is 7.55. The van der Waals surface area contributed by atoms with Crippen molar-refractivity contribution >= 4 is 5.65 Å². The molecule has 0 aliphatic carbocycles. The summed E-state index contributed by atoms with van der Waals surface area (Å²) in [5.74, 6) is -0.292. The highest BCUT2D eigenvalue weighted by atomic mass is 19.1. The molecular formula is C19H14FN3O. The smallest absolute Gasteiger partial charge is 0.154 e. The van der Waals surface area contributed by atoms with Crippen LogP contribution in [0.2, 0.25) is 0 Å². The molecule has 4 aromatic rings. The van der Waals surface area contributed by atoms with Gasteiger partial charge in [0.25, 0.3) is 0 Å². The number of imidazole rings is 1. The van der Waals surface area contributed by atoms with E-state index in [-0.39, 0.29) is 12.4 Å². The standard InChI is InChI=1S/C19H14FN3O/c20-16-3-1-2-15(10-16)17-8-9-19-21-11-18(23(19)22-17)14-6-4-13(12-24)5-7-14/h1-11,24H,12H2. The molecule has 0 aliphatic rings. The largest absolute Gasteiger partial charge is 0.392 e. The van der Waals surface area contributed by atoms with Gasteiger partial charge in [-0.2, -0.15) is 5.10 Å². The third-order valence-corrected chi connectivity index (χ3v) is 3.91. The van der Waals surface area contributed by atoms with Crippen LogP contribution >= 0.6 is 0 Å². The lowest BCUT2D eigenvalue weighted by molar-refractivity contribution is 0.282. The topological polar surface area (TPSA) is 50.4 Å². The van der Waals surface area contributed by atoms with Gasteiger partial charge in [0.2, 0.25) is 0 Å². The maximum atomic E-state index is 13.5. The molecule has 0 unspecified atom stereocenters. The molecule has 0 bridgehead atoms. The summed E-state index contributed by atoms with van der Waals surface area (Å²) in [6.45, 7) is 0.00933. The minimum absolute atomic E-state index is 0.00933. The van der Waals surface area contributed by atoms with E-state index in [1.54, 1.807) is 16.8 Å². The van der Waals surface area contributed by atoms with Crippen molar-refractivity contribution in [2.24, 2.45) is 0 Å². The first kappa shape index (κ1) is 14.5. The number of hydrogen-bond acceptors (Lipinski definition) is 3. The maximum absolute atomic E-state index is 13.5. The summed E-state index contributed by atoms with van der Waals surface area (Å²) in [6, 6.07) is 17.6. The van der Waals surface area contributed by atoms with Gasteiger partial charge in [-0.25, -0.2) is 13.9 Å². The minimum atomic E-state index is -0.292. The van der Waals surface area contributed by atoms with E-state index in [1.807, 2.05) is 42.5 Å². The number of halogens is 1. The second kappa shape index (κ2) is 5.86. The summed E-state index contributed by atoms with van der Waals surface area (Å²) < 4.78 is 15.2. The van der Waals surface area contributed by atoms with Crippen LogP contribution in [0, 0.1) is 5.82 Å². The summed E-state index contributed by atoms with van der Waals surface area (Å²) in [6.07, 6.45) is 1.76. The fourth-order valence-electron chi connectivity index (χ4n) is 2.65. The molecule has 0 saturated carbocycles. The van der Waals surface area contributed by atoms with Gasteiger partial charge in [-0.3, -0.25) is 0 Å². The van der Waals surface area contributed by atoms with Gasteiger partial charge in [-0.1, -0.05) is 36.4 Å². The number of nitrogens with zero attached hydrogens (tertiary/aromatic N) is 3. The highest BCUT2D eigenvalue weighted by Gasteiger charge is 2.09. The molecule has 0 saturated heterocycles. The van der Waals surface area contributed by atoms with Crippen LogP contribution in [-0.4, -0.2) is 19.7 Å². The number of aliphatic hydroxyl groups is 1. The van der Waals surface area contributed by atoms with E-state index >= 15 is 0 Å². The predicted molar refractivity (Wildman–Crippen MR) is 89.7 cm³/mol. The van der Waals surface area contributed by atoms with E-state index < -0.39 is 0 Å². The Balaban J connectivity index is 1.83. The molecule has 0 spiro atoms. The fraction of sp³-hybridized carbons (Fsp3) is 0.0526. The van der Waals surface area contributed by atoms with E-state index in [0.717, 1.165) is 22.5 Å². The maximum Gasteiger partial charge on any atom is 0.154 e. The zero-order valence-electron chi connectivity index (χ0n) is 12.7. The first-order valence-corrected chi connectivity index (χ1v) is 7.55. The molecule has 0 aliphatic heterocycles. The lowest BCUT2D eigenvalue weighted by atomic mass is 10.1. The van der Waals surface area contributed by atoms with Crippen LogP contribution in [0.4, 0.5) is 4.39 Å². The summed E-state index contributed by atoms with van der Waals surface area (Å²) in [7, 11) is 0. The van der Waals surface area contributed by atoms with Gasteiger partial charge < -0.3 is 5.11 Å². The lowest BCUT2D eigenvalue weighted by Crippen LogP contribution is -1.97. The van der Waals surface area contributed by atoms with Gasteiger partial charge in [0.05, 0.1) is 24.2 Å². The van der Waals surface area contributed by atoms with Crippen molar-refractivity contribution in [1.29, 1.82) is 0 Å². The monoisotopic (exact) mass is 319 g/mol. The molecule has 4 rings (SSSR count). The predicted octanol–water partition coefficient (Wildman–Crippen LogP) is 3.69. The first-order chi connectivity index (χ1) is 11.7. The molecule has 4 nitrogen and oxygen atoms in total. The summed E-state index contributed by atoms with van der Waals surface area (Å²) >= 11 is 0. The molecule has 2 heterocycles. The van der Waals surface area contributed by atoms with Gasteiger partial charge in [-0.05, 0) is 29.8 Å². The van der Waals surface area contributed by atoms with Crippen molar-refractivity contribution in [3.63, 3.8) is 0 Å². The minimum Gasteiger partial charge on any atom is -0.392 e. The Morgan fingerprint density at radius 1 is 0.958 bits per heavy atom. The van der Waals surface area contributed by atoms with Crippen LogP contribution in [0.3, 0.4) is 0 Å². The third kappa shape index (κ3) is 2.55. The zero-order chi connectivity index (χ0) is 16.5. The van der Waals surface area contributed by atoms with Crippen molar-refractivity contribution in [3.05, 3.63) is 78.2 Å². The number of benzene rings is 2. The number of aliphatic hydroxyl groups excluding tert-OH is 1. The molecule has 2 aromatic carbocycles. The van der Waals surface area contributed by atoms with Crippen molar-refractivity contribution in [2.45, 2.75) is 6.61 Å². The second-order valence-electron chi connectivity index (χ2n) is 5.50. The van der Waals surface area contributed by atoms with Gasteiger partial charge in [-0.15, -0.1) is 0 Å². The Bertz CT molecular complexity index is 1010. The highest BCUT2D eigenvalue weighted by molar-refractivity contribution is 5.66.